The van der Waals surface area contributed by atoms with Crippen LogP contribution < -0.4 is 9.47 Å². The number of ether oxygens (including phenoxy) is 2. The molecule has 4 heteroatoms. The lowest BCUT2D eigenvalue weighted by Crippen LogP contribution is -2.10. The van der Waals surface area contributed by atoms with Crippen LogP contribution >= 0.6 is 0 Å². The molecule has 3 rings (SSSR count). The molecular weight excluding hydrogens is 314 g/mol. The smallest absolute Gasteiger partial charge is 0.137 e. The Morgan fingerprint density at radius 3 is 2.72 bits per heavy atom. The van der Waals surface area contributed by atoms with Crippen molar-refractivity contribution in [2.75, 3.05) is 6.61 Å². The lowest BCUT2D eigenvalue weighted by Gasteiger charge is -2.13. The monoisotopic (exact) mass is 339 g/mol. The summed E-state index contributed by atoms with van der Waals surface area (Å²) in [5, 5.41) is 0. The third-order valence-electron chi connectivity index (χ3n) is 4.41. The third-order valence-corrected chi connectivity index (χ3v) is 4.41. The second kappa shape index (κ2) is 8.65. The van der Waals surface area contributed by atoms with E-state index in [1.54, 1.807) is 13.1 Å². The summed E-state index contributed by atoms with van der Waals surface area (Å²) >= 11 is 0. The van der Waals surface area contributed by atoms with E-state index >= 15 is 0 Å². The number of hydrogen-bond donors (Lipinski definition) is 0. The number of benzene rings is 1. The van der Waals surface area contributed by atoms with Crippen LogP contribution in [0.3, 0.4) is 0 Å². The fourth-order valence-corrected chi connectivity index (χ4v) is 3.07. The predicted molar refractivity (Wildman–Crippen MR) is 98.0 cm³/mol. The number of Topliss-reactive ketones (excluding diaryl/α,β-unsaturated/α-hetero) is 1. The topological polar surface area (TPSA) is 48.4 Å². The molecule has 132 valence electrons. The zero-order chi connectivity index (χ0) is 17.5. The molecule has 0 unspecified atom stereocenters. The maximum absolute atomic E-state index is 10.9. The highest BCUT2D eigenvalue weighted by Gasteiger charge is 2.16. The Labute approximate surface area is 149 Å². The maximum atomic E-state index is 10.9. The molecule has 0 spiro atoms. The average Bonchev–Trinajstić information content (AvgIpc) is 3.12. The van der Waals surface area contributed by atoms with Gasteiger partial charge < -0.3 is 14.3 Å². The Bertz CT molecular complexity index is 691. The van der Waals surface area contributed by atoms with Crippen LogP contribution in [-0.4, -0.2) is 23.5 Å². The highest BCUT2D eigenvalue weighted by atomic mass is 16.5. The molecule has 2 aromatic rings. The number of aromatic nitrogens is 1. The molecule has 0 radical (unpaired) electrons. The summed E-state index contributed by atoms with van der Waals surface area (Å²) in [5.74, 6) is 1.83. The number of pyridine rings is 1. The van der Waals surface area contributed by atoms with Gasteiger partial charge in [-0.3, -0.25) is 4.98 Å². The second-order valence-electron chi connectivity index (χ2n) is 6.59. The van der Waals surface area contributed by atoms with Crippen LogP contribution in [0.4, 0.5) is 0 Å². The van der Waals surface area contributed by atoms with Gasteiger partial charge in [0, 0.05) is 12.0 Å². The SMILES string of the molecule is CC(=O)CCCOc1ccc(-c2cccc(OC3CCCC3)c2)nc1. The van der Waals surface area contributed by atoms with Crippen LogP contribution in [0.25, 0.3) is 11.3 Å². The Morgan fingerprint density at radius 2 is 2.00 bits per heavy atom. The van der Waals surface area contributed by atoms with Crippen molar-refractivity contribution in [2.24, 2.45) is 0 Å². The van der Waals surface area contributed by atoms with Crippen LogP contribution in [0.5, 0.6) is 11.5 Å². The van der Waals surface area contributed by atoms with E-state index in [0.29, 0.717) is 19.1 Å². The van der Waals surface area contributed by atoms with Gasteiger partial charge in [-0.2, -0.15) is 0 Å². The van der Waals surface area contributed by atoms with E-state index in [2.05, 4.69) is 4.98 Å². The highest BCUT2D eigenvalue weighted by molar-refractivity contribution is 5.75. The second-order valence-corrected chi connectivity index (χ2v) is 6.59. The average molecular weight is 339 g/mol. The van der Waals surface area contributed by atoms with Gasteiger partial charge in [0.05, 0.1) is 24.6 Å². The van der Waals surface area contributed by atoms with Gasteiger partial charge in [0.2, 0.25) is 0 Å². The van der Waals surface area contributed by atoms with Crippen molar-refractivity contribution in [3.05, 3.63) is 42.6 Å². The molecule has 0 saturated heterocycles. The van der Waals surface area contributed by atoms with Crippen molar-refractivity contribution in [1.29, 1.82) is 0 Å². The van der Waals surface area contributed by atoms with Gasteiger partial charge in [0.15, 0.2) is 0 Å². The third kappa shape index (κ3) is 5.31. The number of hydrogen-bond acceptors (Lipinski definition) is 4. The summed E-state index contributed by atoms with van der Waals surface area (Å²) in [6.45, 7) is 2.13. The normalized spacial score (nSPS) is 14.4. The van der Waals surface area contributed by atoms with E-state index in [1.165, 1.54) is 12.8 Å². The fourth-order valence-electron chi connectivity index (χ4n) is 3.07. The van der Waals surface area contributed by atoms with Crippen molar-refractivity contribution in [3.63, 3.8) is 0 Å². The van der Waals surface area contributed by atoms with Gasteiger partial charge >= 0.3 is 0 Å². The molecule has 1 aliphatic carbocycles. The van der Waals surface area contributed by atoms with Gasteiger partial charge in [-0.25, -0.2) is 0 Å². The molecule has 1 heterocycles. The minimum Gasteiger partial charge on any atom is -0.492 e. The number of nitrogens with zero attached hydrogens (tertiary/aromatic N) is 1. The first-order valence-corrected chi connectivity index (χ1v) is 9.06. The number of ketones is 1. The molecule has 1 aliphatic rings. The maximum Gasteiger partial charge on any atom is 0.137 e. The zero-order valence-electron chi connectivity index (χ0n) is 14.7. The molecule has 25 heavy (non-hydrogen) atoms. The van der Waals surface area contributed by atoms with Crippen molar-refractivity contribution in [2.45, 2.75) is 51.6 Å². The Morgan fingerprint density at radius 1 is 1.16 bits per heavy atom. The van der Waals surface area contributed by atoms with Gasteiger partial charge in [-0.1, -0.05) is 12.1 Å². The summed E-state index contributed by atoms with van der Waals surface area (Å²) in [6.07, 6.45) is 8.20. The summed E-state index contributed by atoms with van der Waals surface area (Å²) in [5.41, 5.74) is 1.94. The summed E-state index contributed by atoms with van der Waals surface area (Å²) in [4.78, 5) is 15.4. The van der Waals surface area contributed by atoms with E-state index in [-0.39, 0.29) is 5.78 Å². The molecule has 0 N–H and O–H groups in total. The molecular formula is C21H25NO3. The van der Waals surface area contributed by atoms with E-state index in [1.807, 2.05) is 36.4 Å². The van der Waals surface area contributed by atoms with E-state index in [9.17, 15) is 4.79 Å². The summed E-state index contributed by atoms with van der Waals surface area (Å²) < 4.78 is 11.7. The van der Waals surface area contributed by atoms with Crippen molar-refractivity contribution >= 4 is 5.78 Å². The molecule has 1 fully saturated rings. The van der Waals surface area contributed by atoms with Crippen molar-refractivity contribution < 1.29 is 14.3 Å². The Balaban J connectivity index is 1.58. The van der Waals surface area contributed by atoms with E-state index in [4.69, 9.17) is 9.47 Å². The molecule has 1 aromatic carbocycles. The molecule has 0 aliphatic heterocycles. The van der Waals surface area contributed by atoms with Crippen molar-refractivity contribution in [3.8, 4) is 22.8 Å². The molecule has 0 amide bonds. The minimum atomic E-state index is 0.191. The lowest BCUT2D eigenvalue weighted by molar-refractivity contribution is -0.117. The van der Waals surface area contributed by atoms with Crippen LogP contribution in [0.1, 0.15) is 45.4 Å². The van der Waals surface area contributed by atoms with Crippen LogP contribution in [-0.2, 0) is 4.79 Å². The predicted octanol–water partition coefficient (Wildman–Crippen LogP) is 4.82. The first kappa shape index (κ1) is 17.5. The first-order valence-electron chi connectivity index (χ1n) is 9.06. The zero-order valence-corrected chi connectivity index (χ0v) is 14.7. The summed E-state index contributed by atoms with van der Waals surface area (Å²) in [7, 11) is 0. The van der Waals surface area contributed by atoms with E-state index < -0.39 is 0 Å². The fraction of sp³-hybridized carbons (Fsp3) is 0.429. The lowest BCUT2D eigenvalue weighted by atomic mass is 10.1. The van der Waals surface area contributed by atoms with Crippen molar-refractivity contribution in [1.82, 2.24) is 4.98 Å². The highest BCUT2D eigenvalue weighted by Crippen LogP contribution is 2.27. The quantitative estimate of drug-likeness (QED) is 0.647. The minimum absolute atomic E-state index is 0.191. The molecule has 0 bridgehead atoms. The van der Waals surface area contributed by atoms with Crippen LogP contribution in [0, 0.1) is 0 Å². The van der Waals surface area contributed by atoms with Crippen LogP contribution in [0.2, 0.25) is 0 Å². The standard InChI is InChI=1S/C21H25NO3/c1-16(23)6-5-13-24-20-11-12-21(22-15-20)17-7-4-10-19(14-17)25-18-8-2-3-9-18/h4,7,10-12,14-15,18H,2-3,5-6,8-9,13H2,1H3. The van der Waals surface area contributed by atoms with Crippen LogP contribution in [0.15, 0.2) is 42.6 Å². The molecule has 1 saturated carbocycles. The number of rotatable bonds is 8. The van der Waals surface area contributed by atoms with Gasteiger partial charge in [-0.15, -0.1) is 0 Å². The molecule has 1 aromatic heterocycles. The summed E-state index contributed by atoms with van der Waals surface area (Å²) in [6, 6.07) is 12.0. The molecule has 4 nitrogen and oxygen atoms in total. The number of carbonyl (C=O) groups excluding carboxylic acids is 1. The largest absolute Gasteiger partial charge is 0.492 e. The first-order chi connectivity index (χ1) is 12.2. The van der Waals surface area contributed by atoms with Gasteiger partial charge in [-0.05, 0) is 63.3 Å². The Hall–Kier alpha value is -2.36. The van der Waals surface area contributed by atoms with E-state index in [0.717, 1.165) is 42.0 Å². The number of carbonyl (C=O) groups is 1. The molecule has 0 atom stereocenters. The van der Waals surface area contributed by atoms with Gasteiger partial charge in [0.25, 0.3) is 0 Å². The van der Waals surface area contributed by atoms with Gasteiger partial charge in [0.1, 0.15) is 17.3 Å². The Kier molecular flexibility index (Phi) is 6.04.